The molecule has 0 aliphatic rings. The van der Waals surface area contributed by atoms with E-state index in [-0.39, 0.29) is 5.97 Å². The monoisotopic (exact) mass is 212 g/mol. The van der Waals surface area contributed by atoms with Crippen molar-refractivity contribution in [3.05, 3.63) is 21.9 Å². The summed E-state index contributed by atoms with van der Waals surface area (Å²) < 4.78 is 4.77. The average molecular weight is 212 g/mol. The average Bonchev–Trinajstić information content (AvgIpc) is 2.50. The van der Waals surface area contributed by atoms with Crippen molar-refractivity contribution in [2.75, 3.05) is 7.11 Å². The van der Waals surface area contributed by atoms with Crippen molar-refractivity contribution in [2.24, 2.45) is 5.41 Å². The van der Waals surface area contributed by atoms with E-state index in [0.29, 0.717) is 0 Å². The van der Waals surface area contributed by atoms with Gasteiger partial charge in [0.25, 0.3) is 0 Å². The normalized spacial score (nSPS) is 11.4. The fourth-order valence-electron chi connectivity index (χ4n) is 1.34. The second kappa shape index (κ2) is 4.13. The van der Waals surface area contributed by atoms with Gasteiger partial charge in [0.15, 0.2) is 0 Å². The second-order valence-electron chi connectivity index (χ2n) is 4.08. The van der Waals surface area contributed by atoms with E-state index >= 15 is 0 Å². The molecule has 1 aromatic heterocycles. The first kappa shape index (κ1) is 11.2. The summed E-state index contributed by atoms with van der Waals surface area (Å²) in [5.41, 5.74) is 0.830. The van der Waals surface area contributed by atoms with E-state index in [4.69, 9.17) is 4.74 Å². The number of carbonyl (C=O) groups is 1. The summed E-state index contributed by atoms with van der Waals surface area (Å²) in [6, 6.07) is 2.08. The summed E-state index contributed by atoms with van der Waals surface area (Å²) in [6.45, 7) is 5.90. The Morgan fingerprint density at radius 3 is 2.64 bits per heavy atom. The van der Waals surface area contributed by atoms with Crippen LogP contribution in [-0.4, -0.2) is 13.1 Å². The molecule has 0 aliphatic carbocycles. The van der Waals surface area contributed by atoms with Crippen LogP contribution < -0.4 is 0 Å². The molecule has 1 rings (SSSR count). The molecule has 0 aromatic carbocycles. The number of esters is 1. The van der Waals surface area contributed by atoms with Crippen molar-refractivity contribution in [2.45, 2.75) is 27.2 Å². The van der Waals surface area contributed by atoms with E-state index in [1.54, 1.807) is 11.3 Å². The van der Waals surface area contributed by atoms with Gasteiger partial charge in [-0.1, -0.05) is 0 Å². The lowest BCUT2D eigenvalue weighted by atomic mass is 9.88. The quantitative estimate of drug-likeness (QED) is 0.720. The van der Waals surface area contributed by atoms with Crippen LogP contribution in [-0.2, 0) is 16.0 Å². The van der Waals surface area contributed by atoms with Crippen LogP contribution in [0.15, 0.2) is 11.4 Å². The standard InChI is InChI=1S/C11H16O2S/c1-8-5-6-14-9(8)7-11(2,3)10(12)13-4/h5-6H,7H2,1-4H3. The fourth-order valence-corrected chi connectivity index (χ4v) is 2.47. The number of ether oxygens (including phenoxy) is 1. The lowest BCUT2D eigenvalue weighted by molar-refractivity contribution is -0.150. The first-order valence-electron chi connectivity index (χ1n) is 4.59. The summed E-state index contributed by atoms with van der Waals surface area (Å²) in [6.07, 6.45) is 0.753. The highest BCUT2D eigenvalue weighted by Gasteiger charge is 2.29. The maximum absolute atomic E-state index is 11.5. The zero-order valence-corrected chi connectivity index (χ0v) is 9.90. The molecule has 2 nitrogen and oxygen atoms in total. The molecule has 0 saturated carbocycles. The van der Waals surface area contributed by atoms with Gasteiger partial charge in [-0.2, -0.15) is 0 Å². The van der Waals surface area contributed by atoms with Crippen LogP contribution in [0.2, 0.25) is 0 Å². The summed E-state index contributed by atoms with van der Waals surface area (Å²) >= 11 is 1.70. The highest BCUT2D eigenvalue weighted by molar-refractivity contribution is 7.10. The third-order valence-electron chi connectivity index (χ3n) is 2.31. The molecule has 0 N–H and O–H groups in total. The van der Waals surface area contributed by atoms with Gasteiger partial charge >= 0.3 is 5.97 Å². The molecule has 0 unspecified atom stereocenters. The molecule has 0 aliphatic heterocycles. The van der Waals surface area contributed by atoms with Gasteiger partial charge in [-0.3, -0.25) is 4.79 Å². The highest BCUT2D eigenvalue weighted by Crippen LogP contribution is 2.28. The number of carbonyl (C=O) groups excluding carboxylic acids is 1. The van der Waals surface area contributed by atoms with Crippen LogP contribution in [0, 0.1) is 12.3 Å². The van der Waals surface area contributed by atoms with Gasteiger partial charge < -0.3 is 4.74 Å². The molecule has 0 radical (unpaired) electrons. The molecule has 0 saturated heterocycles. The van der Waals surface area contributed by atoms with Crippen molar-refractivity contribution in [3.8, 4) is 0 Å². The molecular weight excluding hydrogens is 196 g/mol. The van der Waals surface area contributed by atoms with Crippen molar-refractivity contribution < 1.29 is 9.53 Å². The minimum atomic E-state index is -0.426. The Kier molecular flexibility index (Phi) is 3.32. The Bertz CT molecular complexity index is 326. The predicted octanol–water partition coefficient (Wildman–Crippen LogP) is 2.80. The maximum atomic E-state index is 11.5. The van der Waals surface area contributed by atoms with Crippen molar-refractivity contribution >= 4 is 17.3 Å². The zero-order valence-electron chi connectivity index (χ0n) is 9.09. The molecule has 1 aromatic rings. The molecule has 78 valence electrons. The van der Waals surface area contributed by atoms with Gasteiger partial charge in [0.1, 0.15) is 0 Å². The summed E-state index contributed by atoms with van der Waals surface area (Å²) in [4.78, 5) is 12.7. The lowest BCUT2D eigenvalue weighted by Crippen LogP contribution is -2.27. The Hall–Kier alpha value is -0.830. The Balaban J connectivity index is 2.78. The van der Waals surface area contributed by atoms with E-state index in [1.807, 2.05) is 13.8 Å². The van der Waals surface area contributed by atoms with E-state index in [2.05, 4.69) is 18.4 Å². The van der Waals surface area contributed by atoms with Gasteiger partial charge in [0.05, 0.1) is 12.5 Å². The van der Waals surface area contributed by atoms with Gasteiger partial charge in [-0.25, -0.2) is 0 Å². The third-order valence-corrected chi connectivity index (χ3v) is 3.33. The van der Waals surface area contributed by atoms with Crippen molar-refractivity contribution in [3.63, 3.8) is 0 Å². The first-order chi connectivity index (χ1) is 6.47. The van der Waals surface area contributed by atoms with E-state index < -0.39 is 5.41 Å². The Morgan fingerprint density at radius 2 is 2.21 bits per heavy atom. The van der Waals surface area contributed by atoms with Gasteiger partial charge in [0.2, 0.25) is 0 Å². The highest BCUT2D eigenvalue weighted by atomic mass is 32.1. The summed E-state index contributed by atoms with van der Waals surface area (Å²) in [7, 11) is 1.44. The molecule has 0 bridgehead atoms. The van der Waals surface area contributed by atoms with Crippen LogP contribution in [0.25, 0.3) is 0 Å². The molecule has 0 amide bonds. The van der Waals surface area contributed by atoms with Crippen molar-refractivity contribution in [1.82, 2.24) is 0 Å². The lowest BCUT2D eigenvalue weighted by Gasteiger charge is -2.20. The molecule has 0 spiro atoms. The summed E-state index contributed by atoms with van der Waals surface area (Å²) in [5, 5.41) is 2.05. The van der Waals surface area contributed by atoms with Crippen LogP contribution >= 0.6 is 11.3 Å². The number of thiophene rings is 1. The number of rotatable bonds is 3. The van der Waals surface area contributed by atoms with E-state index in [9.17, 15) is 4.79 Å². The third kappa shape index (κ3) is 2.35. The van der Waals surface area contributed by atoms with Crippen LogP contribution in [0.4, 0.5) is 0 Å². The topological polar surface area (TPSA) is 26.3 Å². The van der Waals surface area contributed by atoms with Crippen LogP contribution in [0.3, 0.4) is 0 Å². The maximum Gasteiger partial charge on any atom is 0.311 e. The minimum absolute atomic E-state index is 0.148. The Morgan fingerprint density at radius 1 is 1.57 bits per heavy atom. The van der Waals surface area contributed by atoms with Crippen LogP contribution in [0.1, 0.15) is 24.3 Å². The SMILES string of the molecule is COC(=O)C(C)(C)Cc1sccc1C. The molecular formula is C11H16O2S. The molecule has 3 heteroatoms. The number of aryl methyl sites for hydroxylation is 1. The molecule has 0 atom stereocenters. The fraction of sp³-hybridized carbons (Fsp3) is 0.545. The van der Waals surface area contributed by atoms with Gasteiger partial charge in [0, 0.05) is 4.88 Å². The van der Waals surface area contributed by atoms with Crippen molar-refractivity contribution in [1.29, 1.82) is 0 Å². The van der Waals surface area contributed by atoms with Gasteiger partial charge in [-0.05, 0) is 44.2 Å². The number of hydrogen-bond donors (Lipinski definition) is 0. The first-order valence-corrected chi connectivity index (χ1v) is 5.47. The second-order valence-corrected chi connectivity index (χ2v) is 5.08. The largest absolute Gasteiger partial charge is 0.469 e. The zero-order chi connectivity index (χ0) is 10.8. The Labute approximate surface area is 88.9 Å². The summed E-state index contributed by atoms with van der Waals surface area (Å²) in [5.74, 6) is -0.148. The molecule has 0 fully saturated rings. The molecule has 1 heterocycles. The predicted molar refractivity (Wildman–Crippen MR) is 58.6 cm³/mol. The van der Waals surface area contributed by atoms with Crippen LogP contribution in [0.5, 0.6) is 0 Å². The number of hydrogen-bond acceptors (Lipinski definition) is 3. The minimum Gasteiger partial charge on any atom is -0.469 e. The van der Waals surface area contributed by atoms with E-state index in [1.165, 1.54) is 17.6 Å². The smallest absolute Gasteiger partial charge is 0.311 e. The number of methoxy groups -OCH3 is 1. The van der Waals surface area contributed by atoms with E-state index in [0.717, 1.165) is 6.42 Å². The van der Waals surface area contributed by atoms with Gasteiger partial charge in [-0.15, -0.1) is 11.3 Å². The molecule has 14 heavy (non-hydrogen) atoms.